The van der Waals surface area contributed by atoms with Crippen molar-refractivity contribution >= 4 is 11.5 Å². The van der Waals surface area contributed by atoms with Crippen LogP contribution < -0.4 is 10.2 Å². The monoisotopic (exact) mass is 334 g/mol. The molecule has 6 heteroatoms. The van der Waals surface area contributed by atoms with Crippen molar-refractivity contribution < 1.29 is 0 Å². The van der Waals surface area contributed by atoms with Crippen LogP contribution in [0.2, 0.25) is 0 Å². The van der Waals surface area contributed by atoms with Crippen molar-refractivity contribution in [2.45, 2.75) is 13.8 Å². The van der Waals surface area contributed by atoms with Crippen molar-refractivity contribution in [2.24, 2.45) is 11.8 Å². The molecule has 2 aliphatic heterocycles. The summed E-state index contributed by atoms with van der Waals surface area (Å²) in [5, 5.41) is 8.45. The molecule has 1 N–H and O–H groups in total. The molecule has 2 saturated heterocycles. The van der Waals surface area contributed by atoms with Crippen molar-refractivity contribution in [3.8, 4) is 11.3 Å². The van der Waals surface area contributed by atoms with Crippen molar-refractivity contribution in [1.82, 2.24) is 24.9 Å². The van der Waals surface area contributed by atoms with Gasteiger partial charge in [-0.25, -0.2) is 9.50 Å². The van der Waals surface area contributed by atoms with Crippen molar-refractivity contribution in [3.05, 3.63) is 41.9 Å². The van der Waals surface area contributed by atoms with Gasteiger partial charge >= 0.3 is 0 Å². The average Bonchev–Trinajstić information content (AvgIpc) is 3.25. The number of aromatic nitrogens is 4. The Kier molecular flexibility index (Phi) is 3.28. The average molecular weight is 334 g/mol. The van der Waals surface area contributed by atoms with E-state index in [0.717, 1.165) is 72.1 Å². The predicted octanol–water partition coefficient (Wildman–Crippen LogP) is 2.06. The highest BCUT2D eigenvalue weighted by molar-refractivity contribution is 5.67. The van der Waals surface area contributed by atoms with E-state index in [-0.39, 0.29) is 0 Å². The number of hydrogen-bond acceptors (Lipinski definition) is 5. The fraction of sp³-hybridized carbons (Fsp3) is 0.421. The second-order valence-electron chi connectivity index (χ2n) is 7.28. The molecule has 0 aliphatic carbocycles. The van der Waals surface area contributed by atoms with Crippen molar-refractivity contribution in [3.63, 3.8) is 0 Å². The van der Waals surface area contributed by atoms with Gasteiger partial charge in [0.05, 0.1) is 11.4 Å². The first-order chi connectivity index (χ1) is 12.2. The Morgan fingerprint density at radius 3 is 2.64 bits per heavy atom. The molecule has 2 fully saturated rings. The predicted molar refractivity (Wildman–Crippen MR) is 97.8 cm³/mol. The first-order valence-corrected chi connectivity index (χ1v) is 8.94. The smallest absolute Gasteiger partial charge is 0.154 e. The van der Waals surface area contributed by atoms with Gasteiger partial charge in [0, 0.05) is 43.6 Å². The van der Waals surface area contributed by atoms with Crippen LogP contribution in [0.1, 0.15) is 11.4 Å². The normalized spacial score (nSPS) is 22.7. The van der Waals surface area contributed by atoms with Crippen LogP contribution >= 0.6 is 0 Å². The second-order valence-corrected chi connectivity index (χ2v) is 7.28. The van der Waals surface area contributed by atoms with Gasteiger partial charge in [-0.15, -0.1) is 5.10 Å². The zero-order chi connectivity index (χ0) is 17.0. The lowest BCUT2D eigenvalue weighted by Gasteiger charge is -2.18. The van der Waals surface area contributed by atoms with Crippen LogP contribution in [-0.2, 0) is 0 Å². The zero-order valence-corrected chi connectivity index (χ0v) is 14.6. The Labute approximate surface area is 146 Å². The fourth-order valence-corrected chi connectivity index (χ4v) is 4.27. The molecular weight excluding hydrogens is 312 g/mol. The standard InChI is InChI=1S/C19H22N6/c1-12-7-14(5-6-21-12)19-13(2)22-17-3-4-18(23-25(17)19)24-10-15-8-20-9-16(15)11-24/h3-7,15-16,20H,8-11H2,1-2H3. The molecule has 6 nitrogen and oxygen atoms in total. The lowest BCUT2D eigenvalue weighted by molar-refractivity contribution is 0.533. The number of aryl methyl sites for hydroxylation is 2. The van der Waals surface area contributed by atoms with E-state index in [9.17, 15) is 0 Å². The maximum absolute atomic E-state index is 4.95. The number of nitrogens with zero attached hydrogens (tertiary/aromatic N) is 5. The minimum absolute atomic E-state index is 0.754. The van der Waals surface area contributed by atoms with Gasteiger partial charge in [-0.1, -0.05) is 0 Å². The molecule has 0 aromatic carbocycles. The minimum Gasteiger partial charge on any atom is -0.355 e. The maximum atomic E-state index is 4.95. The third-order valence-corrected chi connectivity index (χ3v) is 5.52. The number of hydrogen-bond donors (Lipinski definition) is 1. The Hall–Kier alpha value is -2.47. The Morgan fingerprint density at radius 1 is 1.08 bits per heavy atom. The molecule has 2 atom stereocenters. The molecular formula is C19H22N6. The summed E-state index contributed by atoms with van der Waals surface area (Å²) in [6.45, 7) is 8.51. The number of imidazole rings is 1. The molecule has 3 aromatic rings. The number of fused-ring (bicyclic) bond motifs is 2. The van der Waals surface area contributed by atoms with Crippen LogP contribution in [-0.4, -0.2) is 45.8 Å². The Bertz CT molecular complexity index is 934. The molecule has 25 heavy (non-hydrogen) atoms. The second kappa shape index (κ2) is 5.52. The Morgan fingerprint density at radius 2 is 1.88 bits per heavy atom. The van der Waals surface area contributed by atoms with Gasteiger partial charge in [0.25, 0.3) is 0 Å². The molecule has 2 unspecified atom stereocenters. The molecule has 5 heterocycles. The summed E-state index contributed by atoms with van der Waals surface area (Å²) in [4.78, 5) is 11.4. The lowest BCUT2D eigenvalue weighted by atomic mass is 10.0. The largest absolute Gasteiger partial charge is 0.355 e. The third kappa shape index (κ3) is 2.40. The van der Waals surface area contributed by atoms with Crippen LogP contribution in [0.3, 0.4) is 0 Å². The minimum atomic E-state index is 0.754. The van der Waals surface area contributed by atoms with E-state index in [0.29, 0.717) is 0 Å². The first-order valence-electron chi connectivity index (χ1n) is 8.94. The van der Waals surface area contributed by atoms with Gasteiger partial charge in [-0.3, -0.25) is 4.98 Å². The highest BCUT2D eigenvalue weighted by atomic mass is 15.3. The van der Waals surface area contributed by atoms with Gasteiger partial charge < -0.3 is 10.2 Å². The van der Waals surface area contributed by atoms with E-state index in [4.69, 9.17) is 10.1 Å². The van der Waals surface area contributed by atoms with E-state index >= 15 is 0 Å². The molecule has 0 bridgehead atoms. The van der Waals surface area contributed by atoms with E-state index < -0.39 is 0 Å². The van der Waals surface area contributed by atoms with Gasteiger partial charge in [-0.2, -0.15) is 0 Å². The van der Waals surface area contributed by atoms with Gasteiger partial charge in [0.2, 0.25) is 0 Å². The molecule has 2 aliphatic rings. The summed E-state index contributed by atoms with van der Waals surface area (Å²) in [6.07, 6.45) is 1.85. The van der Waals surface area contributed by atoms with Crippen LogP contribution in [0.25, 0.3) is 16.9 Å². The van der Waals surface area contributed by atoms with Crippen LogP contribution in [0.4, 0.5) is 5.82 Å². The molecule has 0 amide bonds. The molecule has 128 valence electrons. The van der Waals surface area contributed by atoms with Crippen molar-refractivity contribution in [1.29, 1.82) is 0 Å². The summed E-state index contributed by atoms with van der Waals surface area (Å²) < 4.78 is 1.99. The van der Waals surface area contributed by atoms with E-state index in [1.807, 2.05) is 30.6 Å². The molecule has 0 radical (unpaired) electrons. The molecule has 3 aromatic heterocycles. The quantitative estimate of drug-likeness (QED) is 0.777. The number of pyridine rings is 1. The van der Waals surface area contributed by atoms with E-state index in [1.54, 1.807) is 0 Å². The maximum Gasteiger partial charge on any atom is 0.154 e. The van der Waals surface area contributed by atoms with E-state index in [1.165, 1.54) is 0 Å². The van der Waals surface area contributed by atoms with Crippen LogP contribution in [0, 0.1) is 25.7 Å². The van der Waals surface area contributed by atoms with Gasteiger partial charge in [0.15, 0.2) is 5.65 Å². The van der Waals surface area contributed by atoms with E-state index in [2.05, 4.69) is 33.4 Å². The summed E-state index contributed by atoms with van der Waals surface area (Å²) >= 11 is 0. The summed E-state index contributed by atoms with van der Waals surface area (Å²) in [7, 11) is 0. The summed E-state index contributed by atoms with van der Waals surface area (Å²) in [6, 6.07) is 8.32. The highest BCUT2D eigenvalue weighted by Crippen LogP contribution is 2.31. The first kappa shape index (κ1) is 14.8. The van der Waals surface area contributed by atoms with Gasteiger partial charge in [0.1, 0.15) is 5.82 Å². The fourth-order valence-electron chi connectivity index (χ4n) is 4.27. The molecule has 0 spiro atoms. The number of nitrogens with one attached hydrogen (secondary N) is 1. The number of rotatable bonds is 2. The molecule has 5 rings (SSSR count). The lowest BCUT2D eigenvalue weighted by Crippen LogP contribution is -2.26. The van der Waals surface area contributed by atoms with Crippen molar-refractivity contribution in [2.75, 3.05) is 31.1 Å². The Balaban J connectivity index is 1.58. The van der Waals surface area contributed by atoms with Gasteiger partial charge in [-0.05, 0) is 49.9 Å². The zero-order valence-electron chi connectivity index (χ0n) is 14.6. The SMILES string of the molecule is Cc1cc(-c2c(C)nc3ccc(N4CC5CNCC5C4)nn23)ccn1. The molecule has 0 saturated carbocycles. The number of anilines is 1. The summed E-state index contributed by atoms with van der Waals surface area (Å²) in [5.41, 5.74) is 5.07. The summed E-state index contributed by atoms with van der Waals surface area (Å²) in [5.74, 6) is 2.56. The topological polar surface area (TPSA) is 58.4 Å². The van der Waals surface area contributed by atoms with Crippen LogP contribution in [0.15, 0.2) is 30.5 Å². The highest BCUT2D eigenvalue weighted by Gasteiger charge is 2.36. The third-order valence-electron chi connectivity index (χ3n) is 5.52. The van der Waals surface area contributed by atoms with Crippen LogP contribution in [0.5, 0.6) is 0 Å².